The summed E-state index contributed by atoms with van der Waals surface area (Å²) in [6.07, 6.45) is 1.94. The number of esters is 1. The average Bonchev–Trinajstić information content (AvgIpc) is 3.25. The van der Waals surface area contributed by atoms with Crippen LogP contribution in [0.15, 0.2) is 42.5 Å². The quantitative estimate of drug-likeness (QED) is 0.650. The van der Waals surface area contributed by atoms with Gasteiger partial charge in [0.2, 0.25) is 5.91 Å². The van der Waals surface area contributed by atoms with E-state index in [9.17, 15) is 9.59 Å². The van der Waals surface area contributed by atoms with E-state index in [0.717, 1.165) is 36.4 Å². The van der Waals surface area contributed by atoms with Crippen LogP contribution in [-0.2, 0) is 9.53 Å². The van der Waals surface area contributed by atoms with Crippen LogP contribution in [0.25, 0.3) is 0 Å². The lowest BCUT2D eigenvalue weighted by Gasteiger charge is -2.28. The molecular weight excluding hydrogens is 384 g/mol. The van der Waals surface area contributed by atoms with Crippen molar-refractivity contribution in [2.24, 2.45) is 0 Å². The molecule has 0 N–H and O–H groups in total. The molecule has 160 valence electrons. The SMILES string of the molecule is COC(=O)c1ccccc1N(C)C(=O)CN1CCC[C@@H]1c1ccc(OC)cc1OC. The van der Waals surface area contributed by atoms with Crippen LogP contribution in [0.2, 0.25) is 0 Å². The van der Waals surface area contributed by atoms with E-state index < -0.39 is 5.97 Å². The highest BCUT2D eigenvalue weighted by atomic mass is 16.5. The number of carbonyl (C=O) groups excluding carboxylic acids is 2. The zero-order chi connectivity index (χ0) is 21.7. The fraction of sp³-hybridized carbons (Fsp3) is 0.391. The van der Waals surface area contributed by atoms with Crippen LogP contribution in [-0.4, -0.2) is 58.2 Å². The van der Waals surface area contributed by atoms with Crippen molar-refractivity contribution in [3.8, 4) is 11.5 Å². The summed E-state index contributed by atoms with van der Waals surface area (Å²) in [7, 11) is 6.28. The van der Waals surface area contributed by atoms with E-state index in [2.05, 4.69) is 4.90 Å². The number of carbonyl (C=O) groups is 2. The van der Waals surface area contributed by atoms with Gasteiger partial charge in [0.15, 0.2) is 0 Å². The first-order chi connectivity index (χ1) is 14.5. The Hall–Kier alpha value is -3.06. The summed E-state index contributed by atoms with van der Waals surface area (Å²) < 4.78 is 15.7. The van der Waals surface area contributed by atoms with Crippen molar-refractivity contribution in [2.45, 2.75) is 18.9 Å². The first kappa shape index (κ1) is 21.6. The Labute approximate surface area is 177 Å². The molecule has 1 heterocycles. The van der Waals surface area contributed by atoms with Crippen molar-refractivity contribution >= 4 is 17.6 Å². The minimum atomic E-state index is -0.465. The number of amides is 1. The number of benzene rings is 2. The fourth-order valence-electron chi connectivity index (χ4n) is 3.92. The first-order valence-electron chi connectivity index (χ1n) is 9.90. The van der Waals surface area contributed by atoms with Crippen LogP contribution in [0, 0.1) is 0 Å². The van der Waals surface area contributed by atoms with Crippen LogP contribution in [0.3, 0.4) is 0 Å². The van der Waals surface area contributed by atoms with E-state index in [4.69, 9.17) is 14.2 Å². The molecular formula is C23H28N2O5. The third-order valence-electron chi connectivity index (χ3n) is 5.55. The first-order valence-corrected chi connectivity index (χ1v) is 9.90. The lowest BCUT2D eigenvalue weighted by Crippen LogP contribution is -2.38. The van der Waals surface area contributed by atoms with Crippen molar-refractivity contribution in [1.82, 2.24) is 4.90 Å². The van der Waals surface area contributed by atoms with Gasteiger partial charge in [-0.25, -0.2) is 4.79 Å². The number of methoxy groups -OCH3 is 3. The van der Waals surface area contributed by atoms with Crippen LogP contribution in [0.5, 0.6) is 11.5 Å². The molecule has 0 unspecified atom stereocenters. The monoisotopic (exact) mass is 412 g/mol. The third-order valence-corrected chi connectivity index (χ3v) is 5.55. The predicted octanol–water partition coefficient (Wildman–Crippen LogP) is 3.29. The number of likely N-dealkylation sites (N-methyl/N-ethyl adjacent to an activating group) is 1. The van der Waals surface area contributed by atoms with E-state index in [1.165, 1.54) is 12.0 Å². The Balaban J connectivity index is 1.79. The Morgan fingerprint density at radius 1 is 1.10 bits per heavy atom. The number of hydrogen-bond donors (Lipinski definition) is 0. The average molecular weight is 412 g/mol. The molecule has 7 heteroatoms. The van der Waals surface area contributed by atoms with Gasteiger partial charge >= 0.3 is 5.97 Å². The van der Waals surface area contributed by atoms with Crippen molar-refractivity contribution in [2.75, 3.05) is 46.4 Å². The van der Waals surface area contributed by atoms with Crippen LogP contribution < -0.4 is 14.4 Å². The number of hydrogen-bond acceptors (Lipinski definition) is 6. The van der Waals surface area contributed by atoms with Crippen LogP contribution in [0.4, 0.5) is 5.69 Å². The normalized spacial score (nSPS) is 16.2. The van der Waals surface area contributed by atoms with Gasteiger partial charge in [0.1, 0.15) is 11.5 Å². The second kappa shape index (κ2) is 9.63. The molecule has 0 bridgehead atoms. The zero-order valence-corrected chi connectivity index (χ0v) is 17.9. The van der Waals surface area contributed by atoms with Crippen molar-refractivity contribution < 1.29 is 23.8 Å². The molecule has 7 nitrogen and oxygen atoms in total. The van der Waals surface area contributed by atoms with Crippen LogP contribution >= 0.6 is 0 Å². The van der Waals surface area contributed by atoms with E-state index >= 15 is 0 Å². The van der Waals surface area contributed by atoms with Gasteiger partial charge in [-0.15, -0.1) is 0 Å². The standard InChI is InChI=1S/C23H28N2O5/c1-24(19-9-6-5-8-18(19)23(27)30-4)22(26)15-25-13-7-10-20(25)17-12-11-16(28-2)14-21(17)29-3/h5-6,8-9,11-12,14,20H,7,10,13,15H2,1-4H3/t20-/m1/s1. The third kappa shape index (κ3) is 4.41. The summed E-state index contributed by atoms with van der Waals surface area (Å²) >= 11 is 0. The zero-order valence-electron chi connectivity index (χ0n) is 17.9. The Morgan fingerprint density at radius 2 is 1.87 bits per heavy atom. The summed E-state index contributed by atoms with van der Waals surface area (Å²) in [4.78, 5) is 28.8. The number of para-hydroxylation sites is 1. The second-order valence-corrected chi connectivity index (χ2v) is 7.20. The highest BCUT2D eigenvalue weighted by Crippen LogP contribution is 2.38. The van der Waals surface area contributed by atoms with Gasteiger partial charge in [0, 0.05) is 24.7 Å². The van der Waals surface area contributed by atoms with E-state index in [1.54, 1.807) is 45.5 Å². The summed E-state index contributed by atoms with van der Waals surface area (Å²) in [5.74, 6) is 0.927. The highest BCUT2D eigenvalue weighted by molar-refractivity contribution is 6.02. The molecule has 1 amide bonds. The molecule has 0 radical (unpaired) electrons. The van der Waals surface area contributed by atoms with Gasteiger partial charge in [-0.2, -0.15) is 0 Å². The molecule has 1 aliphatic heterocycles. The predicted molar refractivity (Wildman–Crippen MR) is 114 cm³/mol. The number of anilines is 1. The minimum Gasteiger partial charge on any atom is -0.497 e. The molecule has 0 saturated carbocycles. The van der Waals surface area contributed by atoms with Gasteiger partial charge in [0.05, 0.1) is 39.1 Å². The number of nitrogens with zero attached hydrogens (tertiary/aromatic N) is 2. The van der Waals surface area contributed by atoms with Crippen molar-refractivity contribution in [3.63, 3.8) is 0 Å². The number of ether oxygens (including phenoxy) is 3. The van der Waals surface area contributed by atoms with Gasteiger partial charge in [-0.05, 0) is 37.6 Å². The second-order valence-electron chi connectivity index (χ2n) is 7.20. The van der Waals surface area contributed by atoms with Gasteiger partial charge in [0.25, 0.3) is 0 Å². The molecule has 2 aromatic carbocycles. The lowest BCUT2D eigenvalue weighted by atomic mass is 10.0. The molecule has 0 spiro atoms. The number of rotatable bonds is 7. The van der Waals surface area contributed by atoms with Crippen molar-refractivity contribution in [1.29, 1.82) is 0 Å². The lowest BCUT2D eigenvalue weighted by molar-refractivity contribution is -0.119. The Morgan fingerprint density at radius 3 is 2.57 bits per heavy atom. The maximum atomic E-state index is 13.1. The number of likely N-dealkylation sites (tertiary alicyclic amines) is 1. The molecule has 1 fully saturated rings. The summed E-state index contributed by atoms with van der Waals surface area (Å²) in [5.41, 5.74) is 1.94. The largest absolute Gasteiger partial charge is 0.497 e. The molecule has 0 aliphatic carbocycles. The highest BCUT2D eigenvalue weighted by Gasteiger charge is 2.31. The van der Waals surface area contributed by atoms with E-state index in [0.29, 0.717) is 11.3 Å². The summed E-state index contributed by atoms with van der Waals surface area (Å²) in [6, 6.07) is 12.8. The van der Waals surface area contributed by atoms with E-state index in [1.807, 2.05) is 18.2 Å². The molecule has 2 aromatic rings. The van der Waals surface area contributed by atoms with Crippen molar-refractivity contribution in [3.05, 3.63) is 53.6 Å². The molecule has 1 atom stereocenters. The Kier molecular flexibility index (Phi) is 6.95. The van der Waals surface area contributed by atoms with E-state index in [-0.39, 0.29) is 18.5 Å². The summed E-state index contributed by atoms with van der Waals surface area (Å²) in [5, 5.41) is 0. The van der Waals surface area contributed by atoms with Gasteiger partial charge in [-0.3, -0.25) is 9.69 Å². The smallest absolute Gasteiger partial charge is 0.339 e. The van der Waals surface area contributed by atoms with Gasteiger partial charge in [-0.1, -0.05) is 18.2 Å². The topological polar surface area (TPSA) is 68.3 Å². The molecule has 0 aromatic heterocycles. The molecule has 1 saturated heterocycles. The maximum Gasteiger partial charge on any atom is 0.339 e. The summed E-state index contributed by atoms with van der Waals surface area (Å²) in [6.45, 7) is 1.06. The molecule has 30 heavy (non-hydrogen) atoms. The maximum absolute atomic E-state index is 13.1. The molecule has 3 rings (SSSR count). The minimum absolute atomic E-state index is 0.0825. The molecule has 1 aliphatic rings. The fourth-order valence-corrected chi connectivity index (χ4v) is 3.92. The van der Waals surface area contributed by atoms with Gasteiger partial charge < -0.3 is 19.1 Å². The Bertz CT molecular complexity index is 914. The van der Waals surface area contributed by atoms with Crippen LogP contribution in [0.1, 0.15) is 34.8 Å².